The van der Waals surface area contributed by atoms with E-state index in [1.165, 1.54) is 0 Å². The van der Waals surface area contributed by atoms with Crippen molar-refractivity contribution in [1.29, 1.82) is 0 Å². The second-order valence-electron chi connectivity index (χ2n) is 1.84. The second kappa shape index (κ2) is 2.62. The molecular weight excluding hydrogens is 178 g/mol. The summed E-state index contributed by atoms with van der Waals surface area (Å²) in [5.41, 5.74) is 0. The molecule has 0 aliphatic carbocycles. The van der Waals surface area contributed by atoms with Gasteiger partial charge in [0.05, 0.1) is 0 Å². The van der Waals surface area contributed by atoms with Crippen LogP contribution in [0.5, 0.6) is 0 Å². The largest absolute Gasteiger partial charge is 0.443 e. The molecule has 11 heavy (non-hydrogen) atoms. The van der Waals surface area contributed by atoms with Gasteiger partial charge in [0.2, 0.25) is 0 Å². The molecule has 0 aliphatic rings. The summed E-state index contributed by atoms with van der Waals surface area (Å²) in [5.74, 6) is -4.31. The summed E-state index contributed by atoms with van der Waals surface area (Å²) in [4.78, 5) is 9.78. The van der Waals surface area contributed by atoms with Crippen LogP contribution in [0.2, 0.25) is 5.22 Å². The maximum Gasteiger partial charge on any atom is 0.358 e. The number of halogens is 3. The molecule has 0 bridgehead atoms. The van der Waals surface area contributed by atoms with E-state index in [1.54, 1.807) is 0 Å². The Bertz CT molecular complexity index is 269. The summed E-state index contributed by atoms with van der Waals surface area (Å²) >= 11 is 5.21. The Hall–Kier alpha value is -0.900. The smallest absolute Gasteiger partial charge is 0.358 e. The fraction of sp³-hybridized carbons (Fsp3) is 0.167. The lowest BCUT2D eigenvalue weighted by Gasteiger charge is -2.02. The monoisotopic (exact) mass is 180 g/mol. The van der Waals surface area contributed by atoms with E-state index in [-0.39, 0.29) is 5.22 Å². The van der Waals surface area contributed by atoms with E-state index in [1.807, 2.05) is 0 Å². The molecule has 0 aromatic carbocycles. The molecule has 0 amide bonds. The molecular formula is C6H3ClF2O2. The molecule has 0 fully saturated rings. The Kier molecular flexibility index (Phi) is 1.95. The highest BCUT2D eigenvalue weighted by molar-refractivity contribution is 6.28. The van der Waals surface area contributed by atoms with Gasteiger partial charge >= 0.3 is 5.92 Å². The minimum absolute atomic E-state index is 0.165. The van der Waals surface area contributed by atoms with E-state index < -0.39 is 18.0 Å². The van der Waals surface area contributed by atoms with Crippen LogP contribution in [0.3, 0.4) is 0 Å². The lowest BCUT2D eigenvalue weighted by atomic mass is 10.3. The molecule has 60 valence electrons. The number of alkyl halides is 2. The van der Waals surface area contributed by atoms with Crippen LogP contribution in [0.1, 0.15) is 5.76 Å². The molecule has 1 aromatic rings. The number of aldehydes is 1. The first-order valence-electron chi connectivity index (χ1n) is 2.66. The van der Waals surface area contributed by atoms with Crippen molar-refractivity contribution in [2.24, 2.45) is 0 Å². The van der Waals surface area contributed by atoms with Crippen LogP contribution in [0.15, 0.2) is 16.5 Å². The van der Waals surface area contributed by atoms with Crippen LogP contribution >= 0.6 is 11.6 Å². The Balaban J connectivity index is 3.01. The first-order valence-corrected chi connectivity index (χ1v) is 3.04. The molecule has 0 radical (unpaired) electrons. The van der Waals surface area contributed by atoms with E-state index in [0.717, 1.165) is 12.1 Å². The van der Waals surface area contributed by atoms with Gasteiger partial charge in [-0.2, -0.15) is 8.78 Å². The maximum atomic E-state index is 12.4. The van der Waals surface area contributed by atoms with Gasteiger partial charge in [-0.3, -0.25) is 4.79 Å². The third kappa shape index (κ3) is 1.57. The molecule has 0 saturated carbocycles. The SMILES string of the molecule is O=CC(F)(F)c1ccc(Cl)o1. The van der Waals surface area contributed by atoms with E-state index in [0.29, 0.717) is 0 Å². The van der Waals surface area contributed by atoms with Crippen LogP contribution in [0, 0.1) is 0 Å². The van der Waals surface area contributed by atoms with Crippen LogP contribution in [0.4, 0.5) is 8.78 Å². The van der Waals surface area contributed by atoms with Crippen LogP contribution < -0.4 is 0 Å². The lowest BCUT2D eigenvalue weighted by molar-refractivity contribution is -0.132. The van der Waals surface area contributed by atoms with Gasteiger partial charge in [0.25, 0.3) is 0 Å². The molecule has 0 spiro atoms. The Morgan fingerprint density at radius 1 is 1.55 bits per heavy atom. The van der Waals surface area contributed by atoms with Gasteiger partial charge in [0.15, 0.2) is 17.3 Å². The molecule has 0 N–H and O–H groups in total. The van der Waals surface area contributed by atoms with Crippen molar-refractivity contribution in [3.63, 3.8) is 0 Å². The number of rotatable bonds is 2. The summed E-state index contributed by atoms with van der Waals surface area (Å²) < 4.78 is 29.1. The minimum Gasteiger partial charge on any atom is -0.443 e. The van der Waals surface area contributed by atoms with Gasteiger partial charge in [-0.1, -0.05) is 0 Å². The summed E-state index contributed by atoms with van der Waals surface area (Å²) in [6.07, 6.45) is -0.498. The lowest BCUT2D eigenvalue weighted by Crippen LogP contribution is -2.13. The predicted octanol–water partition coefficient (Wildman–Crippen LogP) is 2.22. The predicted molar refractivity (Wildman–Crippen MR) is 33.7 cm³/mol. The average molecular weight is 181 g/mol. The quantitative estimate of drug-likeness (QED) is 0.654. The van der Waals surface area contributed by atoms with Crippen molar-refractivity contribution in [3.8, 4) is 0 Å². The Labute approximate surface area is 65.8 Å². The highest BCUT2D eigenvalue weighted by atomic mass is 35.5. The molecule has 1 aromatic heterocycles. The van der Waals surface area contributed by atoms with Gasteiger partial charge in [-0.15, -0.1) is 0 Å². The highest BCUT2D eigenvalue weighted by Gasteiger charge is 2.34. The summed E-state index contributed by atoms with van der Waals surface area (Å²) in [6.45, 7) is 0. The number of carbonyl (C=O) groups excluding carboxylic acids is 1. The average Bonchev–Trinajstić information content (AvgIpc) is 2.36. The molecule has 1 heterocycles. The van der Waals surface area contributed by atoms with Gasteiger partial charge in [0, 0.05) is 0 Å². The first kappa shape index (κ1) is 8.20. The fourth-order valence-corrected chi connectivity index (χ4v) is 0.698. The van der Waals surface area contributed by atoms with Crippen molar-refractivity contribution < 1.29 is 18.0 Å². The van der Waals surface area contributed by atoms with E-state index in [9.17, 15) is 13.6 Å². The van der Waals surface area contributed by atoms with Crippen LogP contribution in [-0.2, 0) is 10.7 Å². The molecule has 1 rings (SSSR count). The molecule has 0 atom stereocenters. The number of hydrogen-bond donors (Lipinski definition) is 0. The normalized spacial score (nSPS) is 11.5. The highest BCUT2D eigenvalue weighted by Crippen LogP contribution is 2.28. The van der Waals surface area contributed by atoms with E-state index in [2.05, 4.69) is 4.42 Å². The van der Waals surface area contributed by atoms with Crippen LogP contribution in [0.25, 0.3) is 0 Å². The number of carbonyl (C=O) groups is 1. The molecule has 0 aliphatic heterocycles. The van der Waals surface area contributed by atoms with Gasteiger partial charge < -0.3 is 4.42 Å². The van der Waals surface area contributed by atoms with Crippen molar-refractivity contribution >= 4 is 17.9 Å². The van der Waals surface area contributed by atoms with Crippen LogP contribution in [-0.4, -0.2) is 6.29 Å². The standard InChI is InChI=1S/C6H3ClF2O2/c7-5-2-1-4(11-5)6(8,9)3-10/h1-3H. The van der Waals surface area contributed by atoms with Crippen molar-refractivity contribution in [2.75, 3.05) is 0 Å². The van der Waals surface area contributed by atoms with Gasteiger partial charge in [-0.05, 0) is 23.7 Å². The minimum atomic E-state index is -3.58. The summed E-state index contributed by atoms with van der Waals surface area (Å²) in [5, 5.41) is -0.165. The molecule has 5 heteroatoms. The summed E-state index contributed by atoms with van der Waals surface area (Å²) in [7, 11) is 0. The second-order valence-corrected chi connectivity index (χ2v) is 2.22. The zero-order valence-corrected chi connectivity index (χ0v) is 5.94. The van der Waals surface area contributed by atoms with Crippen molar-refractivity contribution in [1.82, 2.24) is 0 Å². The van der Waals surface area contributed by atoms with E-state index in [4.69, 9.17) is 11.6 Å². The molecule has 0 unspecified atom stereocenters. The topological polar surface area (TPSA) is 30.2 Å². The molecule has 2 nitrogen and oxygen atoms in total. The van der Waals surface area contributed by atoms with Gasteiger partial charge in [0.1, 0.15) is 0 Å². The van der Waals surface area contributed by atoms with Crippen molar-refractivity contribution in [2.45, 2.75) is 5.92 Å². The first-order chi connectivity index (χ1) is 5.06. The fourth-order valence-electron chi connectivity index (χ4n) is 0.552. The zero-order chi connectivity index (χ0) is 8.48. The van der Waals surface area contributed by atoms with Gasteiger partial charge in [-0.25, -0.2) is 0 Å². The Morgan fingerprint density at radius 3 is 2.55 bits per heavy atom. The maximum absolute atomic E-state index is 12.4. The zero-order valence-electron chi connectivity index (χ0n) is 5.18. The third-order valence-electron chi connectivity index (χ3n) is 1.05. The number of furan rings is 1. The molecule has 0 saturated heterocycles. The van der Waals surface area contributed by atoms with E-state index >= 15 is 0 Å². The third-order valence-corrected chi connectivity index (χ3v) is 1.25. The summed E-state index contributed by atoms with van der Waals surface area (Å²) in [6, 6.07) is 2.10. The Morgan fingerprint density at radius 2 is 2.18 bits per heavy atom. The number of hydrogen-bond acceptors (Lipinski definition) is 2. The van der Waals surface area contributed by atoms with Crippen molar-refractivity contribution in [3.05, 3.63) is 23.1 Å².